The van der Waals surface area contributed by atoms with Crippen LogP contribution in [-0.4, -0.2) is 43.7 Å². The summed E-state index contributed by atoms with van der Waals surface area (Å²) in [6.45, 7) is 5.30. The van der Waals surface area contributed by atoms with Crippen LogP contribution in [0.4, 0.5) is 5.69 Å². The highest BCUT2D eigenvalue weighted by molar-refractivity contribution is 6.30. The van der Waals surface area contributed by atoms with Crippen molar-refractivity contribution >= 4 is 17.3 Å². The number of rotatable bonds is 4. The van der Waals surface area contributed by atoms with Crippen LogP contribution in [0.15, 0.2) is 18.2 Å². The van der Waals surface area contributed by atoms with Gasteiger partial charge in [0.1, 0.15) is 0 Å². The van der Waals surface area contributed by atoms with E-state index in [1.807, 2.05) is 6.07 Å². The van der Waals surface area contributed by atoms with Gasteiger partial charge in [-0.05, 0) is 49.6 Å². The van der Waals surface area contributed by atoms with Gasteiger partial charge < -0.3 is 10.6 Å². The number of nitrogens with two attached hydrogens (primary N) is 1. The van der Waals surface area contributed by atoms with Gasteiger partial charge in [-0.2, -0.15) is 0 Å². The summed E-state index contributed by atoms with van der Waals surface area (Å²) < 4.78 is 0. The van der Waals surface area contributed by atoms with E-state index in [1.54, 1.807) is 0 Å². The van der Waals surface area contributed by atoms with E-state index in [1.165, 1.54) is 37.2 Å². The van der Waals surface area contributed by atoms with E-state index < -0.39 is 0 Å². The molecule has 3 rings (SSSR count). The van der Waals surface area contributed by atoms with Crippen LogP contribution in [0.5, 0.6) is 0 Å². The number of halogens is 1. The lowest BCUT2D eigenvalue weighted by molar-refractivity contribution is 0.248. The number of piperazine rings is 1. The van der Waals surface area contributed by atoms with E-state index >= 15 is 0 Å². The molecule has 0 spiro atoms. The van der Waals surface area contributed by atoms with Crippen molar-refractivity contribution in [3.05, 3.63) is 28.8 Å². The Morgan fingerprint density at radius 1 is 1.16 bits per heavy atom. The lowest BCUT2D eigenvalue weighted by Gasteiger charge is -2.37. The third-order valence-corrected chi connectivity index (χ3v) is 4.41. The Morgan fingerprint density at radius 3 is 2.53 bits per heavy atom. The molecule has 1 aromatic carbocycles. The third-order valence-electron chi connectivity index (χ3n) is 4.17. The van der Waals surface area contributed by atoms with E-state index in [-0.39, 0.29) is 0 Å². The quantitative estimate of drug-likeness (QED) is 0.916. The fraction of sp³-hybridized carbons (Fsp3) is 0.600. The highest BCUT2D eigenvalue weighted by atomic mass is 35.5. The minimum Gasteiger partial charge on any atom is -0.369 e. The van der Waals surface area contributed by atoms with Crippen molar-refractivity contribution in [2.75, 3.05) is 37.6 Å². The van der Waals surface area contributed by atoms with Crippen LogP contribution in [0.25, 0.3) is 0 Å². The first-order chi connectivity index (χ1) is 9.28. The zero-order valence-electron chi connectivity index (χ0n) is 11.3. The molecule has 0 radical (unpaired) electrons. The van der Waals surface area contributed by atoms with Crippen molar-refractivity contribution in [3.63, 3.8) is 0 Å². The molecule has 1 saturated heterocycles. The Bertz CT molecular complexity index is 437. The molecule has 1 aliphatic carbocycles. The molecule has 1 aliphatic heterocycles. The largest absolute Gasteiger partial charge is 0.369 e. The van der Waals surface area contributed by atoms with Crippen molar-refractivity contribution in [1.29, 1.82) is 0 Å². The molecule has 2 fully saturated rings. The molecule has 0 bridgehead atoms. The molecule has 4 heteroatoms. The molecule has 1 saturated carbocycles. The maximum Gasteiger partial charge on any atom is 0.0410 e. The van der Waals surface area contributed by atoms with Gasteiger partial charge in [0, 0.05) is 42.9 Å². The van der Waals surface area contributed by atoms with Crippen LogP contribution < -0.4 is 10.6 Å². The van der Waals surface area contributed by atoms with Crippen LogP contribution in [0.3, 0.4) is 0 Å². The van der Waals surface area contributed by atoms with Gasteiger partial charge in [-0.1, -0.05) is 11.6 Å². The van der Waals surface area contributed by atoms with Crippen LogP contribution in [0.2, 0.25) is 5.02 Å². The highest BCUT2D eigenvalue weighted by Gasteiger charge is 2.31. The molecule has 0 amide bonds. The van der Waals surface area contributed by atoms with Crippen molar-refractivity contribution in [1.82, 2.24) is 4.90 Å². The second-order valence-corrected chi connectivity index (χ2v) is 6.00. The molecule has 2 aliphatic rings. The van der Waals surface area contributed by atoms with Gasteiger partial charge in [0.25, 0.3) is 0 Å². The first kappa shape index (κ1) is 13.2. The van der Waals surface area contributed by atoms with Gasteiger partial charge in [0.2, 0.25) is 0 Å². The van der Waals surface area contributed by atoms with Gasteiger partial charge in [-0.15, -0.1) is 0 Å². The second-order valence-electron chi connectivity index (χ2n) is 5.57. The van der Waals surface area contributed by atoms with Crippen LogP contribution in [-0.2, 0) is 6.42 Å². The highest BCUT2D eigenvalue weighted by Crippen LogP contribution is 2.30. The summed E-state index contributed by atoms with van der Waals surface area (Å²) in [6, 6.07) is 7.09. The number of benzene rings is 1. The fourth-order valence-electron chi connectivity index (χ4n) is 2.99. The Balaban J connectivity index is 1.71. The summed E-state index contributed by atoms with van der Waals surface area (Å²) in [5.74, 6) is 0. The minimum absolute atomic E-state index is 0.676. The molecule has 1 heterocycles. The van der Waals surface area contributed by atoms with E-state index in [0.717, 1.165) is 30.6 Å². The van der Waals surface area contributed by atoms with E-state index in [9.17, 15) is 0 Å². The van der Waals surface area contributed by atoms with Crippen LogP contribution in [0.1, 0.15) is 18.4 Å². The predicted molar refractivity (Wildman–Crippen MR) is 81.0 cm³/mol. The normalized spacial score (nSPS) is 20.8. The number of hydrogen-bond acceptors (Lipinski definition) is 3. The van der Waals surface area contributed by atoms with Crippen LogP contribution in [0, 0.1) is 0 Å². The maximum atomic E-state index is 6.10. The average molecular weight is 280 g/mol. The molecule has 104 valence electrons. The van der Waals surface area contributed by atoms with Gasteiger partial charge in [0.05, 0.1) is 0 Å². The van der Waals surface area contributed by atoms with Crippen molar-refractivity contribution in [3.8, 4) is 0 Å². The van der Waals surface area contributed by atoms with Crippen molar-refractivity contribution in [2.24, 2.45) is 5.73 Å². The smallest absolute Gasteiger partial charge is 0.0410 e. The molecular formula is C15H22ClN3. The zero-order chi connectivity index (χ0) is 13.2. The summed E-state index contributed by atoms with van der Waals surface area (Å²) in [5.41, 5.74) is 8.32. The molecule has 3 nitrogen and oxygen atoms in total. The summed E-state index contributed by atoms with van der Waals surface area (Å²) in [4.78, 5) is 5.12. The van der Waals surface area contributed by atoms with Crippen molar-refractivity contribution < 1.29 is 0 Å². The topological polar surface area (TPSA) is 32.5 Å². The van der Waals surface area contributed by atoms with Crippen molar-refractivity contribution in [2.45, 2.75) is 25.3 Å². The lowest BCUT2D eigenvalue weighted by Crippen LogP contribution is -2.47. The monoisotopic (exact) mass is 279 g/mol. The van der Waals surface area contributed by atoms with Gasteiger partial charge >= 0.3 is 0 Å². The first-order valence-electron chi connectivity index (χ1n) is 7.25. The molecule has 19 heavy (non-hydrogen) atoms. The molecule has 0 unspecified atom stereocenters. The SMILES string of the molecule is NCCc1cc(Cl)ccc1N1CCN(C2CC2)CC1. The number of nitrogens with zero attached hydrogens (tertiary/aromatic N) is 2. The van der Waals surface area contributed by atoms with E-state index in [4.69, 9.17) is 17.3 Å². The standard InChI is InChI=1S/C15H22ClN3/c16-13-1-4-15(12(11-13)5-6-17)19-9-7-18(8-10-19)14-2-3-14/h1,4,11,14H,2-3,5-10,17H2. The Kier molecular flexibility index (Phi) is 3.96. The van der Waals surface area contributed by atoms with E-state index in [2.05, 4.69) is 21.9 Å². The summed E-state index contributed by atoms with van der Waals surface area (Å²) in [5, 5.41) is 0.809. The minimum atomic E-state index is 0.676. The zero-order valence-corrected chi connectivity index (χ0v) is 12.1. The van der Waals surface area contributed by atoms with Gasteiger partial charge in [-0.3, -0.25) is 4.90 Å². The molecular weight excluding hydrogens is 258 g/mol. The summed E-state index contributed by atoms with van der Waals surface area (Å²) in [6.07, 6.45) is 3.71. The molecule has 0 atom stereocenters. The first-order valence-corrected chi connectivity index (χ1v) is 7.63. The van der Waals surface area contributed by atoms with E-state index in [0.29, 0.717) is 6.54 Å². The predicted octanol–water partition coefficient (Wildman–Crippen LogP) is 2.13. The number of anilines is 1. The Labute approximate surface area is 120 Å². The Morgan fingerprint density at radius 2 is 1.89 bits per heavy atom. The maximum absolute atomic E-state index is 6.10. The lowest BCUT2D eigenvalue weighted by atomic mass is 10.1. The summed E-state index contributed by atoms with van der Waals surface area (Å²) in [7, 11) is 0. The van der Waals surface area contributed by atoms with Gasteiger partial charge in [0.15, 0.2) is 0 Å². The Hall–Kier alpha value is -0.770. The molecule has 0 aromatic heterocycles. The molecule has 1 aromatic rings. The summed E-state index contributed by atoms with van der Waals surface area (Å²) >= 11 is 6.10. The van der Waals surface area contributed by atoms with Crippen LogP contribution >= 0.6 is 11.6 Å². The molecule has 2 N–H and O–H groups in total. The average Bonchev–Trinajstić information content (AvgIpc) is 3.24. The number of hydrogen-bond donors (Lipinski definition) is 1. The second kappa shape index (κ2) is 5.70. The fourth-order valence-corrected chi connectivity index (χ4v) is 3.18. The van der Waals surface area contributed by atoms with Gasteiger partial charge in [-0.25, -0.2) is 0 Å². The third kappa shape index (κ3) is 3.04.